The second-order valence-corrected chi connectivity index (χ2v) is 7.20. The van der Waals surface area contributed by atoms with Gasteiger partial charge in [-0.15, -0.1) is 0 Å². The minimum atomic E-state index is -0.871. The fraction of sp³-hybridized carbons (Fsp3) is 0.211. The molecule has 0 aliphatic heterocycles. The van der Waals surface area contributed by atoms with Gasteiger partial charge in [0.2, 0.25) is 0 Å². The number of carbonyl (C=O) groups is 2. The number of nitrogens with one attached hydrogen (secondary N) is 2. The van der Waals surface area contributed by atoms with E-state index in [4.69, 9.17) is 32.7 Å². The molecular formula is C19H18BrCl2N3O4. The number of carbonyl (C=O) groups excluding carboxylic acids is 2. The smallest absolute Gasteiger partial charge is 0.329 e. The summed E-state index contributed by atoms with van der Waals surface area (Å²) in [5, 5.41) is 6.97. The highest BCUT2D eigenvalue weighted by molar-refractivity contribution is 9.10. The molecule has 2 rings (SSSR count). The lowest BCUT2D eigenvalue weighted by molar-refractivity contribution is -0.138. The molecule has 154 valence electrons. The Labute approximate surface area is 186 Å². The summed E-state index contributed by atoms with van der Waals surface area (Å²) < 4.78 is 12.2. The Morgan fingerprint density at radius 2 is 1.86 bits per heavy atom. The van der Waals surface area contributed by atoms with Crippen molar-refractivity contribution in [3.05, 3.63) is 56.0 Å². The third-order valence-electron chi connectivity index (χ3n) is 3.57. The van der Waals surface area contributed by atoms with Gasteiger partial charge in [0.25, 0.3) is 0 Å². The highest BCUT2D eigenvalue weighted by Gasteiger charge is 2.14. The number of hydrazone groups is 1. The summed E-state index contributed by atoms with van der Waals surface area (Å²) in [5.74, 6) is -0.733. The first-order valence-electron chi connectivity index (χ1n) is 8.44. The first-order valence-corrected chi connectivity index (χ1v) is 9.99. The number of benzene rings is 2. The van der Waals surface area contributed by atoms with Crippen LogP contribution in [-0.2, 0) is 16.2 Å². The van der Waals surface area contributed by atoms with E-state index in [-0.39, 0.29) is 6.61 Å². The molecule has 7 nitrogen and oxygen atoms in total. The van der Waals surface area contributed by atoms with Gasteiger partial charge in [0.05, 0.1) is 17.3 Å². The molecule has 0 atom stereocenters. The zero-order chi connectivity index (χ0) is 21.4. The highest BCUT2D eigenvalue weighted by atomic mass is 79.9. The van der Waals surface area contributed by atoms with Gasteiger partial charge in [-0.3, -0.25) is 9.59 Å². The minimum absolute atomic E-state index is 0.146. The third-order valence-corrected chi connectivity index (χ3v) is 4.86. The molecule has 0 aliphatic rings. The average Bonchev–Trinajstić information content (AvgIpc) is 2.68. The summed E-state index contributed by atoms with van der Waals surface area (Å²) in [6.45, 7) is 2.39. The van der Waals surface area contributed by atoms with E-state index in [9.17, 15) is 9.59 Å². The Balaban J connectivity index is 2.21. The lowest BCUT2D eigenvalue weighted by Gasteiger charge is -2.15. The van der Waals surface area contributed by atoms with E-state index in [1.54, 1.807) is 30.3 Å². The average molecular weight is 503 g/mol. The van der Waals surface area contributed by atoms with Crippen LogP contribution in [0.1, 0.15) is 18.1 Å². The SMILES string of the molecule is CCOc1cc(/C=N\NC(=O)C(=O)NC)cc(Br)c1OCc1c(Cl)cccc1Cl. The predicted molar refractivity (Wildman–Crippen MR) is 116 cm³/mol. The number of likely N-dealkylation sites (N-methyl/N-ethyl adjacent to an activating group) is 1. The van der Waals surface area contributed by atoms with Gasteiger partial charge in [-0.2, -0.15) is 5.10 Å². The molecule has 10 heteroatoms. The monoisotopic (exact) mass is 501 g/mol. The van der Waals surface area contributed by atoms with E-state index >= 15 is 0 Å². The van der Waals surface area contributed by atoms with Crippen LogP contribution in [-0.4, -0.2) is 31.7 Å². The lowest BCUT2D eigenvalue weighted by atomic mass is 10.2. The predicted octanol–water partition coefficient (Wildman–Crippen LogP) is 3.93. The van der Waals surface area contributed by atoms with E-state index in [2.05, 4.69) is 31.8 Å². The Hall–Kier alpha value is -2.29. The molecule has 0 aliphatic carbocycles. The summed E-state index contributed by atoms with van der Waals surface area (Å²) >= 11 is 15.8. The maximum Gasteiger partial charge on any atom is 0.329 e. The van der Waals surface area contributed by atoms with E-state index in [0.29, 0.717) is 43.8 Å². The molecule has 2 N–H and O–H groups in total. The van der Waals surface area contributed by atoms with Crippen molar-refractivity contribution in [1.29, 1.82) is 0 Å². The largest absolute Gasteiger partial charge is 0.490 e. The zero-order valence-corrected chi connectivity index (χ0v) is 18.7. The molecule has 0 spiro atoms. The topological polar surface area (TPSA) is 89.0 Å². The molecule has 0 fully saturated rings. The van der Waals surface area contributed by atoms with Crippen LogP contribution in [0.3, 0.4) is 0 Å². The molecule has 0 radical (unpaired) electrons. The van der Waals surface area contributed by atoms with E-state index in [1.807, 2.05) is 6.92 Å². The lowest BCUT2D eigenvalue weighted by Crippen LogP contribution is -2.35. The Morgan fingerprint density at radius 1 is 1.17 bits per heavy atom. The number of ether oxygens (including phenoxy) is 2. The Bertz CT molecular complexity index is 918. The van der Waals surface area contributed by atoms with Crippen molar-refractivity contribution in [3.63, 3.8) is 0 Å². The second-order valence-electron chi connectivity index (χ2n) is 5.53. The third kappa shape index (κ3) is 6.35. The number of hydrogen-bond donors (Lipinski definition) is 2. The number of hydrogen-bond acceptors (Lipinski definition) is 5. The highest BCUT2D eigenvalue weighted by Crippen LogP contribution is 2.38. The van der Waals surface area contributed by atoms with Gasteiger partial charge < -0.3 is 14.8 Å². The number of halogens is 3. The molecular weight excluding hydrogens is 485 g/mol. The van der Waals surface area contributed by atoms with Crippen molar-refractivity contribution >= 4 is 57.2 Å². The standard InChI is InChI=1S/C19H18BrCl2N3O4/c1-3-28-16-8-11(9-24-25-19(27)18(26)23-2)7-13(20)17(16)29-10-12-14(21)5-4-6-15(12)22/h4-9H,3,10H2,1-2H3,(H,23,26)(H,25,27)/b24-9-. The summed E-state index contributed by atoms with van der Waals surface area (Å²) in [5.41, 5.74) is 3.40. The van der Waals surface area contributed by atoms with Gasteiger partial charge in [-0.25, -0.2) is 5.43 Å². The quantitative estimate of drug-likeness (QED) is 0.341. The van der Waals surface area contributed by atoms with Gasteiger partial charge in [-0.05, 0) is 52.7 Å². The summed E-state index contributed by atoms with van der Waals surface area (Å²) in [4.78, 5) is 22.6. The van der Waals surface area contributed by atoms with Crippen LogP contribution in [0, 0.1) is 0 Å². The van der Waals surface area contributed by atoms with Crippen molar-refractivity contribution < 1.29 is 19.1 Å². The molecule has 2 amide bonds. The molecule has 0 bridgehead atoms. The van der Waals surface area contributed by atoms with Crippen LogP contribution in [0.4, 0.5) is 0 Å². The zero-order valence-electron chi connectivity index (χ0n) is 15.6. The molecule has 2 aromatic carbocycles. The van der Waals surface area contributed by atoms with Gasteiger partial charge in [0.15, 0.2) is 11.5 Å². The molecule has 0 saturated carbocycles. The van der Waals surface area contributed by atoms with Crippen molar-refractivity contribution in [3.8, 4) is 11.5 Å². The van der Waals surface area contributed by atoms with E-state index in [1.165, 1.54) is 13.3 Å². The Kier molecular flexibility index (Phi) is 8.75. The van der Waals surface area contributed by atoms with Crippen LogP contribution in [0.15, 0.2) is 39.9 Å². The summed E-state index contributed by atoms with van der Waals surface area (Å²) in [6.07, 6.45) is 1.38. The van der Waals surface area contributed by atoms with Crippen molar-refractivity contribution in [2.45, 2.75) is 13.5 Å². The molecule has 0 heterocycles. The molecule has 0 unspecified atom stereocenters. The fourth-order valence-electron chi connectivity index (χ4n) is 2.21. The summed E-state index contributed by atoms with van der Waals surface area (Å²) in [7, 11) is 1.35. The van der Waals surface area contributed by atoms with Gasteiger partial charge in [0.1, 0.15) is 6.61 Å². The number of nitrogens with zero attached hydrogens (tertiary/aromatic N) is 1. The second kappa shape index (κ2) is 11.0. The van der Waals surface area contributed by atoms with Crippen LogP contribution >= 0.6 is 39.1 Å². The molecule has 0 saturated heterocycles. The van der Waals surface area contributed by atoms with E-state index < -0.39 is 11.8 Å². The normalized spacial score (nSPS) is 10.7. The van der Waals surface area contributed by atoms with E-state index in [0.717, 1.165) is 0 Å². The number of amides is 2. The van der Waals surface area contributed by atoms with Crippen molar-refractivity contribution in [1.82, 2.24) is 10.7 Å². The van der Waals surface area contributed by atoms with Gasteiger partial charge in [0, 0.05) is 22.7 Å². The molecule has 29 heavy (non-hydrogen) atoms. The molecule has 2 aromatic rings. The van der Waals surface area contributed by atoms with Crippen LogP contribution in [0.2, 0.25) is 10.0 Å². The van der Waals surface area contributed by atoms with Crippen LogP contribution in [0.5, 0.6) is 11.5 Å². The Morgan fingerprint density at radius 3 is 2.48 bits per heavy atom. The van der Waals surface area contributed by atoms with Gasteiger partial charge >= 0.3 is 11.8 Å². The van der Waals surface area contributed by atoms with Crippen molar-refractivity contribution in [2.24, 2.45) is 5.10 Å². The van der Waals surface area contributed by atoms with Crippen molar-refractivity contribution in [2.75, 3.05) is 13.7 Å². The first kappa shape index (κ1) is 23.0. The fourth-order valence-corrected chi connectivity index (χ4v) is 3.29. The summed E-state index contributed by atoms with van der Waals surface area (Å²) in [6, 6.07) is 8.64. The number of rotatable bonds is 7. The first-order chi connectivity index (χ1) is 13.9. The van der Waals surface area contributed by atoms with Crippen LogP contribution < -0.4 is 20.2 Å². The van der Waals surface area contributed by atoms with Gasteiger partial charge in [-0.1, -0.05) is 29.3 Å². The molecule has 0 aromatic heterocycles. The van der Waals surface area contributed by atoms with Crippen LogP contribution in [0.25, 0.3) is 0 Å². The maximum atomic E-state index is 11.4. The minimum Gasteiger partial charge on any atom is -0.490 e. The maximum absolute atomic E-state index is 11.4.